The van der Waals surface area contributed by atoms with Gasteiger partial charge in [-0.25, -0.2) is 9.78 Å². The van der Waals surface area contributed by atoms with Crippen LogP contribution in [0.5, 0.6) is 0 Å². The van der Waals surface area contributed by atoms with Gasteiger partial charge in [0, 0.05) is 6.54 Å². The predicted octanol–water partition coefficient (Wildman–Crippen LogP) is 3.10. The molecule has 0 fully saturated rings. The summed E-state index contributed by atoms with van der Waals surface area (Å²) in [5, 5.41) is 3.11. The van der Waals surface area contributed by atoms with Gasteiger partial charge in [0.2, 0.25) is 5.95 Å². The van der Waals surface area contributed by atoms with Crippen LogP contribution in [0.25, 0.3) is 5.69 Å². The van der Waals surface area contributed by atoms with Gasteiger partial charge in [0.15, 0.2) is 0 Å². The van der Waals surface area contributed by atoms with Crippen LogP contribution in [0.1, 0.15) is 44.2 Å². The van der Waals surface area contributed by atoms with E-state index in [4.69, 9.17) is 0 Å². The molecule has 1 heterocycles. The maximum absolute atomic E-state index is 12.3. The molecule has 22 heavy (non-hydrogen) atoms. The van der Waals surface area contributed by atoms with Gasteiger partial charge in [-0.1, -0.05) is 44.9 Å². The first-order chi connectivity index (χ1) is 10.7. The second kappa shape index (κ2) is 7.73. The number of unbranched alkanes of at least 4 members (excludes halogenated alkanes) is 2. The number of hydrogen-bond donors (Lipinski definition) is 1. The SMILES string of the molecule is CCCCCNc1ncn(-c2c(C)cccc2CC)c(=O)n1. The Hall–Kier alpha value is -2.17. The van der Waals surface area contributed by atoms with Gasteiger partial charge in [-0.05, 0) is 30.9 Å². The summed E-state index contributed by atoms with van der Waals surface area (Å²) in [5.41, 5.74) is 2.77. The lowest BCUT2D eigenvalue weighted by Gasteiger charge is -2.13. The number of para-hydroxylation sites is 1. The molecule has 1 N–H and O–H groups in total. The van der Waals surface area contributed by atoms with E-state index in [0.29, 0.717) is 5.95 Å². The Bertz CT molecular complexity index is 679. The Morgan fingerprint density at radius 3 is 2.73 bits per heavy atom. The molecule has 1 aromatic heterocycles. The molecule has 2 aromatic rings. The van der Waals surface area contributed by atoms with Crippen molar-refractivity contribution in [2.24, 2.45) is 0 Å². The van der Waals surface area contributed by atoms with Crippen molar-refractivity contribution in [2.75, 3.05) is 11.9 Å². The summed E-state index contributed by atoms with van der Waals surface area (Å²) in [4.78, 5) is 20.6. The third kappa shape index (κ3) is 3.72. The molecule has 0 atom stereocenters. The third-order valence-electron chi connectivity index (χ3n) is 3.71. The fourth-order valence-electron chi connectivity index (χ4n) is 2.50. The molecular formula is C17H24N4O. The van der Waals surface area contributed by atoms with Gasteiger partial charge in [-0.15, -0.1) is 0 Å². The second-order valence-corrected chi connectivity index (χ2v) is 5.40. The van der Waals surface area contributed by atoms with Crippen molar-refractivity contribution >= 4 is 5.95 Å². The summed E-state index contributed by atoms with van der Waals surface area (Å²) in [7, 11) is 0. The van der Waals surface area contributed by atoms with Crippen molar-refractivity contribution in [2.45, 2.75) is 46.5 Å². The van der Waals surface area contributed by atoms with E-state index in [0.717, 1.165) is 49.0 Å². The Balaban J connectivity index is 2.26. The van der Waals surface area contributed by atoms with Gasteiger partial charge in [0.25, 0.3) is 0 Å². The van der Waals surface area contributed by atoms with E-state index in [-0.39, 0.29) is 5.69 Å². The molecule has 118 valence electrons. The first-order valence-corrected chi connectivity index (χ1v) is 7.95. The molecule has 2 rings (SSSR count). The topological polar surface area (TPSA) is 59.8 Å². The summed E-state index contributed by atoms with van der Waals surface area (Å²) in [6, 6.07) is 6.04. The van der Waals surface area contributed by atoms with Gasteiger partial charge in [0.05, 0.1) is 5.69 Å². The van der Waals surface area contributed by atoms with Crippen LogP contribution in [0.2, 0.25) is 0 Å². The van der Waals surface area contributed by atoms with Crippen molar-refractivity contribution in [1.82, 2.24) is 14.5 Å². The zero-order valence-corrected chi connectivity index (χ0v) is 13.6. The number of benzene rings is 1. The van der Waals surface area contributed by atoms with E-state index in [9.17, 15) is 4.79 Å². The summed E-state index contributed by atoms with van der Waals surface area (Å²) >= 11 is 0. The molecule has 0 saturated carbocycles. The van der Waals surface area contributed by atoms with Gasteiger partial charge < -0.3 is 5.32 Å². The lowest BCUT2D eigenvalue weighted by molar-refractivity contribution is 0.736. The van der Waals surface area contributed by atoms with E-state index in [1.165, 1.54) is 4.57 Å². The minimum atomic E-state index is -0.294. The van der Waals surface area contributed by atoms with Gasteiger partial charge in [0.1, 0.15) is 6.33 Å². The highest BCUT2D eigenvalue weighted by atomic mass is 16.1. The number of aryl methyl sites for hydroxylation is 2. The largest absolute Gasteiger partial charge is 0.356 e. The predicted molar refractivity (Wildman–Crippen MR) is 89.8 cm³/mol. The molecule has 0 radical (unpaired) electrons. The van der Waals surface area contributed by atoms with E-state index < -0.39 is 0 Å². The summed E-state index contributed by atoms with van der Waals surface area (Å²) in [6.07, 6.45) is 5.81. The Morgan fingerprint density at radius 1 is 1.23 bits per heavy atom. The third-order valence-corrected chi connectivity index (χ3v) is 3.71. The minimum absolute atomic E-state index is 0.294. The van der Waals surface area contributed by atoms with Crippen LogP contribution in [-0.2, 0) is 6.42 Å². The molecule has 5 nitrogen and oxygen atoms in total. The molecule has 0 saturated heterocycles. The van der Waals surface area contributed by atoms with Crippen molar-refractivity contribution in [1.29, 1.82) is 0 Å². The maximum atomic E-state index is 12.3. The number of nitrogens with zero attached hydrogens (tertiary/aromatic N) is 3. The van der Waals surface area contributed by atoms with Gasteiger partial charge >= 0.3 is 5.69 Å². The Morgan fingerprint density at radius 2 is 2.05 bits per heavy atom. The highest BCUT2D eigenvalue weighted by molar-refractivity contribution is 5.47. The molecule has 5 heteroatoms. The maximum Gasteiger partial charge on any atom is 0.356 e. The van der Waals surface area contributed by atoms with E-state index in [2.05, 4.69) is 29.1 Å². The normalized spacial score (nSPS) is 10.7. The Kier molecular flexibility index (Phi) is 5.69. The fourth-order valence-corrected chi connectivity index (χ4v) is 2.50. The van der Waals surface area contributed by atoms with Crippen LogP contribution < -0.4 is 11.0 Å². The number of rotatable bonds is 7. The zero-order valence-electron chi connectivity index (χ0n) is 13.6. The molecule has 0 aliphatic rings. The molecule has 0 bridgehead atoms. The molecular weight excluding hydrogens is 276 g/mol. The van der Waals surface area contributed by atoms with Crippen LogP contribution in [-0.4, -0.2) is 21.1 Å². The first kappa shape index (κ1) is 16.2. The minimum Gasteiger partial charge on any atom is -0.354 e. The standard InChI is InChI=1S/C17H24N4O/c1-4-6-7-11-18-16-19-12-21(17(22)20-16)15-13(3)9-8-10-14(15)5-2/h8-10,12H,4-7,11H2,1-3H3,(H,18,20,22). The number of anilines is 1. The average molecular weight is 300 g/mol. The summed E-state index contributed by atoms with van der Waals surface area (Å²) in [5.74, 6) is 0.406. The lowest BCUT2D eigenvalue weighted by Crippen LogP contribution is -2.25. The van der Waals surface area contributed by atoms with Crippen molar-refractivity contribution < 1.29 is 0 Å². The highest BCUT2D eigenvalue weighted by Gasteiger charge is 2.10. The number of nitrogens with one attached hydrogen (secondary N) is 1. The first-order valence-electron chi connectivity index (χ1n) is 7.95. The quantitative estimate of drug-likeness (QED) is 0.798. The van der Waals surface area contributed by atoms with E-state index in [1.807, 2.05) is 25.1 Å². The molecule has 0 aliphatic carbocycles. The van der Waals surface area contributed by atoms with Crippen LogP contribution in [0.4, 0.5) is 5.95 Å². The van der Waals surface area contributed by atoms with Gasteiger partial charge in [-0.2, -0.15) is 4.98 Å². The van der Waals surface area contributed by atoms with Crippen LogP contribution in [0.15, 0.2) is 29.3 Å². The fraction of sp³-hybridized carbons (Fsp3) is 0.471. The number of hydrogen-bond acceptors (Lipinski definition) is 4. The lowest BCUT2D eigenvalue weighted by atomic mass is 10.1. The highest BCUT2D eigenvalue weighted by Crippen LogP contribution is 2.18. The van der Waals surface area contributed by atoms with E-state index >= 15 is 0 Å². The van der Waals surface area contributed by atoms with Gasteiger partial charge in [-0.3, -0.25) is 4.57 Å². The zero-order chi connectivity index (χ0) is 15.9. The van der Waals surface area contributed by atoms with Crippen molar-refractivity contribution in [3.05, 3.63) is 46.1 Å². The van der Waals surface area contributed by atoms with Crippen molar-refractivity contribution in [3.8, 4) is 5.69 Å². The molecule has 0 unspecified atom stereocenters. The van der Waals surface area contributed by atoms with Crippen LogP contribution in [0, 0.1) is 6.92 Å². The molecule has 1 aromatic carbocycles. The second-order valence-electron chi connectivity index (χ2n) is 5.40. The monoisotopic (exact) mass is 300 g/mol. The summed E-state index contributed by atoms with van der Waals surface area (Å²) in [6.45, 7) is 7.03. The number of aromatic nitrogens is 3. The van der Waals surface area contributed by atoms with Crippen molar-refractivity contribution in [3.63, 3.8) is 0 Å². The summed E-state index contributed by atoms with van der Waals surface area (Å²) < 4.78 is 1.53. The van der Waals surface area contributed by atoms with E-state index in [1.54, 1.807) is 6.33 Å². The smallest absolute Gasteiger partial charge is 0.354 e. The molecule has 0 aliphatic heterocycles. The molecule has 0 amide bonds. The Labute approximate surface area is 131 Å². The molecule has 0 spiro atoms. The average Bonchev–Trinajstić information content (AvgIpc) is 2.52. The van der Waals surface area contributed by atoms with Crippen LogP contribution >= 0.6 is 0 Å². The van der Waals surface area contributed by atoms with Crippen LogP contribution in [0.3, 0.4) is 0 Å².